The van der Waals surface area contributed by atoms with Crippen LogP contribution in [0.2, 0.25) is 0 Å². The molecule has 0 unspecified atom stereocenters. The second kappa shape index (κ2) is 12.6. The molecule has 0 saturated carbocycles. The number of hydrogen-bond donors (Lipinski definition) is 2. The predicted octanol–water partition coefficient (Wildman–Crippen LogP) is 2.06. The van der Waals surface area contributed by atoms with E-state index in [1.807, 2.05) is 31.2 Å². The number of aliphatic imine (C=N–C) groups is 1. The standard InChI is InChI=1S/C17H29N3O3/c1-4-22-12-6-10-19-17(18-2)20-11-7-13-23-16-9-5-8-15(14-16)21-3/h5,8-9,14H,4,6-7,10-13H2,1-3H3,(H2,18,19,20). The van der Waals surface area contributed by atoms with Gasteiger partial charge in [-0.15, -0.1) is 0 Å². The van der Waals surface area contributed by atoms with Crippen LogP contribution >= 0.6 is 0 Å². The summed E-state index contributed by atoms with van der Waals surface area (Å²) in [5.74, 6) is 2.43. The van der Waals surface area contributed by atoms with Crippen LogP contribution in [0.15, 0.2) is 29.3 Å². The highest BCUT2D eigenvalue weighted by molar-refractivity contribution is 5.79. The molecule has 130 valence electrons. The highest BCUT2D eigenvalue weighted by atomic mass is 16.5. The van der Waals surface area contributed by atoms with Crippen LogP contribution in [0.5, 0.6) is 11.5 Å². The van der Waals surface area contributed by atoms with Gasteiger partial charge in [0.25, 0.3) is 0 Å². The molecule has 0 bridgehead atoms. The van der Waals surface area contributed by atoms with Crippen molar-refractivity contribution in [1.29, 1.82) is 0 Å². The third-order valence-electron chi connectivity index (χ3n) is 3.11. The van der Waals surface area contributed by atoms with Crippen LogP contribution in [-0.2, 0) is 4.74 Å². The van der Waals surface area contributed by atoms with Gasteiger partial charge in [-0.05, 0) is 31.9 Å². The minimum atomic E-state index is 0.640. The van der Waals surface area contributed by atoms with E-state index in [9.17, 15) is 0 Å². The van der Waals surface area contributed by atoms with Gasteiger partial charge in [0.2, 0.25) is 0 Å². The zero-order valence-corrected chi connectivity index (χ0v) is 14.4. The smallest absolute Gasteiger partial charge is 0.190 e. The van der Waals surface area contributed by atoms with Gasteiger partial charge in [-0.3, -0.25) is 4.99 Å². The second-order valence-corrected chi connectivity index (χ2v) is 4.86. The van der Waals surface area contributed by atoms with Gasteiger partial charge in [-0.2, -0.15) is 0 Å². The van der Waals surface area contributed by atoms with Crippen LogP contribution in [0.4, 0.5) is 0 Å². The largest absolute Gasteiger partial charge is 0.497 e. The van der Waals surface area contributed by atoms with E-state index in [2.05, 4.69) is 15.6 Å². The number of methoxy groups -OCH3 is 1. The summed E-state index contributed by atoms with van der Waals surface area (Å²) < 4.78 is 16.2. The van der Waals surface area contributed by atoms with Crippen LogP contribution in [0, 0.1) is 0 Å². The summed E-state index contributed by atoms with van der Waals surface area (Å²) in [4.78, 5) is 4.18. The number of hydrogen-bond acceptors (Lipinski definition) is 4. The molecule has 2 N–H and O–H groups in total. The second-order valence-electron chi connectivity index (χ2n) is 4.86. The van der Waals surface area contributed by atoms with Crippen molar-refractivity contribution in [2.24, 2.45) is 4.99 Å². The van der Waals surface area contributed by atoms with Crippen LogP contribution in [0.25, 0.3) is 0 Å². The van der Waals surface area contributed by atoms with E-state index < -0.39 is 0 Å². The van der Waals surface area contributed by atoms with E-state index in [-0.39, 0.29) is 0 Å². The molecule has 0 heterocycles. The van der Waals surface area contributed by atoms with Gasteiger partial charge in [0.05, 0.1) is 13.7 Å². The molecule has 0 radical (unpaired) electrons. The number of nitrogens with zero attached hydrogens (tertiary/aromatic N) is 1. The number of rotatable bonds is 11. The Morgan fingerprint density at radius 2 is 1.78 bits per heavy atom. The Kier molecular flexibility index (Phi) is 10.4. The van der Waals surface area contributed by atoms with Crippen molar-refractivity contribution in [3.05, 3.63) is 24.3 Å². The van der Waals surface area contributed by atoms with Gasteiger partial charge < -0.3 is 24.8 Å². The molecule has 0 aromatic heterocycles. The minimum Gasteiger partial charge on any atom is -0.497 e. The highest BCUT2D eigenvalue weighted by Crippen LogP contribution is 2.18. The fraction of sp³-hybridized carbons (Fsp3) is 0.588. The topological polar surface area (TPSA) is 64.1 Å². The third kappa shape index (κ3) is 8.93. The van der Waals surface area contributed by atoms with Crippen LogP contribution in [0.1, 0.15) is 19.8 Å². The Morgan fingerprint density at radius 3 is 2.43 bits per heavy atom. The average Bonchev–Trinajstić information content (AvgIpc) is 2.59. The maximum Gasteiger partial charge on any atom is 0.190 e. The maximum atomic E-state index is 5.69. The fourth-order valence-electron chi connectivity index (χ4n) is 1.91. The predicted molar refractivity (Wildman–Crippen MR) is 93.6 cm³/mol. The first-order chi connectivity index (χ1) is 11.3. The van der Waals surface area contributed by atoms with Crippen molar-refractivity contribution < 1.29 is 14.2 Å². The third-order valence-corrected chi connectivity index (χ3v) is 3.11. The molecule has 6 nitrogen and oxygen atoms in total. The summed E-state index contributed by atoms with van der Waals surface area (Å²) in [6.45, 7) is 5.83. The molecule has 0 aliphatic heterocycles. The molecule has 1 aromatic rings. The quantitative estimate of drug-likeness (QED) is 0.371. The molecule has 0 aliphatic rings. The first kappa shape index (κ1) is 19.1. The number of benzene rings is 1. The van der Waals surface area contributed by atoms with Gasteiger partial charge >= 0.3 is 0 Å². The lowest BCUT2D eigenvalue weighted by molar-refractivity contribution is 0.145. The molecule has 1 aromatic carbocycles. The van der Waals surface area contributed by atoms with Gasteiger partial charge in [0.15, 0.2) is 5.96 Å². The van der Waals surface area contributed by atoms with Crippen LogP contribution < -0.4 is 20.1 Å². The first-order valence-corrected chi connectivity index (χ1v) is 8.09. The summed E-state index contributed by atoms with van der Waals surface area (Å²) in [6.07, 6.45) is 1.85. The zero-order valence-electron chi connectivity index (χ0n) is 14.4. The van der Waals surface area contributed by atoms with E-state index in [1.165, 1.54) is 0 Å². The lowest BCUT2D eigenvalue weighted by Crippen LogP contribution is -2.38. The highest BCUT2D eigenvalue weighted by Gasteiger charge is 1.99. The number of guanidine groups is 1. The molecule has 6 heteroatoms. The van der Waals surface area contributed by atoms with Crippen molar-refractivity contribution >= 4 is 5.96 Å². The van der Waals surface area contributed by atoms with E-state index in [1.54, 1.807) is 14.2 Å². The lowest BCUT2D eigenvalue weighted by atomic mass is 10.3. The molecule has 1 rings (SSSR count). The monoisotopic (exact) mass is 323 g/mol. The molecule has 0 fully saturated rings. The number of nitrogens with one attached hydrogen (secondary N) is 2. The van der Waals surface area contributed by atoms with Gasteiger partial charge in [-0.1, -0.05) is 6.07 Å². The summed E-state index contributed by atoms with van der Waals surface area (Å²) in [5.41, 5.74) is 0. The van der Waals surface area contributed by atoms with Crippen molar-refractivity contribution in [3.63, 3.8) is 0 Å². The SMILES string of the molecule is CCOCCCNC(=NC)NCCCOc1cccc(OC)c1. The molecule has 0 spiro atoms. The fourth-order valence-corrected chi connectivity index (χ4v) is 1.91. The minimum absolute atomic E-state index is 0.640. The molecule has 0 atom stereocenters. The lowest BCUT2D eigenvalue weighted by Gasteiger charge is -2.12. The summed E-state index contributed by atoms with van der Waals surface area (Å²) in [7, 11) is 3.42. The normalized spacial score (nSPS) is 11.2. The maximum absolute atomic E-state index is 5.69. The zero-order chi connectivity index (χ0) is 16.8. The summed E-state index contributed by atoms with van der Waals surface area (Å²) in [5, 5.41) is 6.52. The van der Waals surface area contributed by atoms with E-state index in [0.29, 0.717) is 6.61 Å². The van der Waals surface area contributed by atoms with Crippen molar-refractivity contribution in [1.82, 2.24) is 10.6 Å². The van der Waals surface area contributed by atoms with Gasteiger partial charge in [0, 0.05) is 39.4 Å². The van der Waals surface area contributed by atoms with Gasteiger partial charge in [0.1, 0.15) is 11.5 Å². The molecule has 23 heavy (non-hydrogen) atoms. The number of ether oxygens (including phenoxy) is 3. The van der Waals surface area contributed by atoms with E-state index in [4.69, 9.17) is 14.2 Å². The van der Waals surface area contributed by atoms with Crippen molar-refractivity contribution in [3.8, 4) is 11.5 Å². The molecule has 0 aliphatic carbocycles. The Hall–Kier alpha value is -1.95. The summed E-state index contributed by atoms with van der Waals surface area (Å²) >= 11 is 0. The Bertz CT molecular complexity index is 452. The van der Waals surface area contributed by atoms with Crippen LogP contribution in [0.3, 0.4) is 0 Å². The van der Waals surface area contributed by atoms with E-state index in [0.717, 1.165) is 56.6 Å². The first-order valence-electron chi connectivity index (χ1n) is 8.09. The average molecular weight is 323 g/mol. The molecular formula is C17H29N3O3. The summed E-state index contributed by atoms with van der Waals surface area (Å²) in [6, 6.07) is 7.62. The Labute approximate surface area is 139 Å². The molecule has 0 saturated heterocycles. The van der Waals surface area contributed by atoms with Crippen LogP contribution in [-0.4, -0.2) is 53.0 Å². The van der Waals surface area contributed by atoms with Crippen molar-refractivity contribution in [2.75, 3.05) is 47.1 Å². The van der Waals surface area contributed by atoms with E-state index >= 15 is 0 Å². The molecule has 0 amide bonds. The Balaban J connectivity index is 2.10. The Morgan fingerprint density at radius 1 is 1.09 bits per heavy atom. The molecular weight excluding hydrogens is 294 g/mol. The van der Waals surface area contributed by atoms with Crippen molar-refractivity contribution in [2.45, 2.75) is 19.8 Å². The van der Waals surface area contributed by atoms with Gasteiger partial charge in [-0.25, -0.2) is 0 Å².